The molecule has 3 aromatic rings. The van der Waals surface area contributed by atoms with Crippen molar-refractivity contribution in [1.29, 1.82) is 0 Å². The van der Waals surface area contributed by atoms with Crippen molar-refractivity contribution in [3.63, 3.8) is 0 Å². The van der Waals surface area contributed by atoms with Gasteiger partial charge in [0.15, 0.2) is 6.61 Å². The molecule has 0 spiro atoms. The summed E-state index contributed by atoms with van der Waals surface area (Å²) in [5, 5.41) is 7.99. The molecule has 7 heteroatoms. The minimum Gasteiger partial charge on any atom is -0.484 e. The highest BCUT2D eigenvalue weighted by Gasteiger charge is 2.12. The molecule has 0 saturated heterocycles. The molecule has 0 aliphatic heterocycles. The first kappa shape index (κ1) is 16.2. The lowest BCUT2D eigenvalue weighted by molar-refractivity contribution is 0.0600. The van der Waals surface area contributed by atoms with E-state index in [1.165, 1.54) is 7.11 Å². The number of methoxy groups -OCH3 is 1. The van der Waals surface area contributed by atoms with Gasteiger partial charge in [-0.15, -0.1) is 10.2 Å². The van der Waals surface area contributed by atoms with Crippen LogP contribution in [0.4, 0.5) is 0 Å². The number of hydrogen-bond acceptors (Lipinski definition) is 6. The van der Waals surface area contributed by atoms with Gasteiger partial charge in [0.05, 0.1) is 18.2 Å². The fraction of sp³-hybridized carbons (Fsp3) is 0.118. The highest BCUT2D eigenvalue weighted by molar-refractivity contribution is 9.10. The number of carbonyl (C=O) groups excluding carboxylic acids is 1. The zero-order valence-electron chi connectivity index (χ0n) is 12.7. The van der Waals surface area contributed by atoms with E-state index in [4.69, 9.17) is 9.15 Å². The topological polar surface area (TPSA) is 74.5 Å². The van der Waals surface area contributed by atoms with Crippen LogP contribution in [0.3, 0.4) is 0 Å². The third-order valence-electron chi connectivity index (χ3n) is 3.19. The van der Waals surface area contributed by atoms with Crippen molar-refractivity contribution in [2.45, 2.75) is 6.61 Å². The highest BCUT2D eigenvalue weighted by atomic mass is 79.9. The van der Waals surface area contributed by atoms with E-state index in [9.17, 15) is 4.79 Å². The van der Waals surface area contributed by atoms with Gasteiger partial charge < -0.3 is 13.9 Å². The second-order valence-electron chi connectivity index (χ2n) is 4.79. The van der Waals surface area contributed by atoms with E-state index < -0.39 is 5.97 Å². The normalized spacial score (nSPS) is 10.4. The Kier molecular flexibility index (Phi) is 4.90. The molecule has 3 rings (SSSR count). The Hall–Kier alpha value is -2.67. The molecule has 0 amide bonds. The molecule has 1 heterocycles. The van der Waals surface area contributed by atoms with Crippen LogP contribution in [0.15, 0.2) is 57.4 Å². The van der Waals surface area contributed by atoms with Gasteiger partial charge in [-0.2, -0.15) is 0 Å². The first-order valence-corrected chi connectivity index (χ1v) is 7.85. The van der Waals surface area contributed by atoms with Crippen LogP contribution < -0.4 is 4.74 Å². The van der Waals surface area contributed by atoms with Crippen LogP contribution >= 0.6 is 15.9 Å². The summed E-state index contributed by atoms with van der Waals surface area (Å²) in [6.45, 7) is 0.0993. The monoisotopic (exact) mass is 388 g/mol. The van der Waals surface area contributed by atoms with E-state index in [0.717, 1.165) is 10.0 Å². The lowest BCUT2D eigenvalue weighted by atomic mass is 10.2. The maximum atomic E-state index is 11.5. The predicted molar refractivity (Wildman–Crippen MR) is 89.5 cm³/mol. The van der Waals surface area contributed by atoms with Crippen LogP contribution in [-0.2, 0) is 11.3 Å². The standard InChI is InChI=1S/C17H13BrN2O4/c1-22-17(21)11-5-4-6-12(9-11)23-10-15-19-20-16(24-15)13-7-2-3-8-14(13)18/h2-9H,10H2,1H3. The summed E-state index contributed by atoms with van der Waals surface area (Å²) < 4.78 is 16.7. The summed E-state index contributed by atoms with van der Waals surface area (Å²) in [6, 6.07) is 14.3. The molecule has 0 radical (unpaired) electrons. The minimum absolute atomic E-state index is 0.0993. The average molecular weight is 389 g/mol. The number of carbonyl (C=O) groups is 1. The number of nitrogens with zero attached hydrogens (tertiary/aromatic N) is 2. The van der Waals surface area contributed by atoms with Crippen LogP contribution in [-0.4, -0.2) is 23.3 Å². The van der Waals surface area contributed by atoms with Gasteiger partial charge in [0.1, 0.15) is 5.75 Å². The van der Waals surface area contributed by atoms with Crippen LogP contribution in [0.5, 0.6) is 5.75 Å². The number of aromatic nitrogens is 2. The van der Waals surface area contributed by atoms with Gasteiger partial charge in [-0.05, 0) is 46.3 Å². The lowest BCUT2D eigenvalue weighted by Crippen LogP contribution is -2.02. The van der Waals surface area contributed by atoms with Crippen molar-refractivity contribution < 1.29 is 18.7 Å². The zero-order chi connectivity index (χ0) is 16.9. The summed E-state index contributed by atoms with van der Waals surface area (Å²) in [6.07, 6.45) is 0. The molecule has 2 aromatic carbocycles. The van der Waals surface area contributed by atoms with Crippen molar-refractivity contribution in [3.05, 3.63) is 64.5 Å². The van der Waals surface area contributed by atoms with Gasteiger partial charge in [-0.1, -0.05) is 18.2 Å². The molecule has 0 atom stereocenters. The third kappa shape index (κ3) is 3.62. The molecule has 0 bridgehead atoms. The van der Waals surface area contributed by atoms with E-state index in [2.05, 4.69) is 30.9 Å². The lowest BCUT2D eigenvalue weighted by Gasteiger charge is -2.05. The molecule has 24 heavy (non-hydrogen) atoms. The van der Waals surface area contributed by atoms with Crippen molar-refractivity contribution in [2.24, 2.45) is 0 Å². The summed E-state index contributed by atoms with van der Waals surface area (Å²) in [5.74, 6) is 0.835. The molecule has 0 aliphatic rings. The van der Waals surface area contributed by atoms with Crippen molar-refractivity contribution in [1.82, 2.24) is 10.2 Å². The molecule has 122 valence electrons. The third-order valence-corrected chi connectivity index (χ3v) is 3.88. The fourth-order valence-electron chi connectivity index (χ4n) is 2.03. The van der Waals surface area contributed by atoms with Gasteiger partial charge in [0.2, 0.25) is 5.89 Å². The van der Waals surface area contributed by atoms with E-state index in [1.54, 1.807) is 24.3 Å². The summed E-state index contributed by atoms with van der Waals surface area (Å²) in [4.78, 5) is 11.5. The maximum absolute atomic E-state index is 11.5. The first-order valence-electron chi connectivity index (χ1n) is 7.06. The van der Waals surface area contributed by atoms with Crippen molar-refractivity contribution >= 4 is 21.9 Å². The van der Waals surface area contributed by atoms with Crippen LogP contribution in [0.25, 0.3) is 11.5 Å². The summed E-state index contributed by atoms with van der Waals surface area (Å²) >= 11 is 3.44. The van der Waals surface area contributed by atoms with Gasteiger partial charge in [0.25, 0.3) is 5.89 Å². The van der Waals surface area contributed by atoms with Gasteiger partial charge >= 0.3 is 5.97 Å². The molecule has 0 aliphatic carbocycles. The van der Waals surface area contributed by atoms with Crippen molar-refractivity contribution in [3.8, 4) is 17.2 Å². The van der Waals surface area contributed by atoms with E-state index >= 15 is 0 Å². The Morgan fingerprint density at radius 3 is 2.79 bits per heavy atom. The molecule has 1 aromatic heterocycles. The minimum atomic E-state index is -0.422. The van der Waals surface area contributed by atoms with E-state index in [-0.39, 0.29) is 6.61 Å². The highest BCUT2D eigenvalue weighted by Crippen LogP contribution is 2.27. The molecule has 0 N–H and O–H groups in total. The Morgan fingerprint density at radius 2 is 2.00 bits per heavy atom. The Labute approximate surface area is 146 Å². The SMILES string of the molecule is COC(=O)c1cccc(OCc2nnc(-c3ccccc3Br)o2)c1. The average Bonchev–Trinajstić information content (AvgIpc) is 3.08. The fourth-order valence-corrected chi connectivity index (χ4v) is 2.49. The smallest absolute Gasteiger partial charge is 0.337 e. The predicted octanol–water partition coefficient (Wildman–Crippen LogP) is 3.86. The van der Waals surface area contributed by atoms with Gasteiger partial charge in [-0.25, -0.2) is 4.79 Å². The Morgan fingerprint density at radius 1 is 1.17 bits per heavy atom. The number of hydrogen-bond donors (Lipinski definition) is 0. The number of benzene rings is 2. The van der Waals surface area contributed by atoms with E-state index in [1.807, 2.05) is 24.3 Å². The quantitative estimate of drug-likeness (QED) is 0.617. The summed E-state index contributed by atoms with van der Waals surface area (Å²) in [7, 11) is 1.33. The Bertz CT molecular complexity index is 863. The van der Waals surface area contributed by atoms with Crippen LogP contribution in [0.2, 0.25) is 0 Å². The molecule has 0 unspecified atom stereocenters. The molecular formula is C17H13BrN2O4. The number of esters is 1. The van der Waals surface area contributed by atoms with Crippen LogP contribution in [0.1, 0.15) is 16.2 Å². The zero-order valence-corrected chi connectivity index (χ0v) is 14.3. The van der Waals surface area contributed by atoms with Crippen LogP contribution in [0, 0.1) is 0 Å². The number of halogens is 1. The molecule has 0 fully saturated rings. The maximum Gasteiger partial charge on any atom is 0.337 e. The van der Waals surface area contributed by atoms with Gasteiger partial charge in [-0.3, -0.25) is 0 Å². The second-order valence-corrected chi connectivity index (χ2v) is 5.64. The Balaban J connectivity index is 1.70. The van der Waals surface area contributed by atoms with Crippen molar-refractivity contribution in [2.75, 3.05) is 7.11 Å². The second kappa shape index (κ2) is 7.27. The molecular weight excluding hydrogens is 376 g/mol. The van der Waals surface area contributed by atoms with Gasteiger partial charge in [0, 0.05) is 4.47 Å². The summed E-state index contributed by atoms with van der Waals surface area (Å²) in [5.41, 5.74) is 1.22. The largest absolute Gasteiger partial charge is 0.484 e. The number of ether oxygens (including phenoxy) is 2. The number of rotatable bonds is 5. The first-order chi connectivity index (χ1) is 11.7. The van der Waals surface area contributed by atoms with E-state index in [0.29, 0.717) is 23.1 Å². The molecule has 0 saturated carbocycles. The molecule has 6 nitrogen and oxygen atoms in total.